The van der Waals surface area contributed by atoms with Crippen molar-refractivity contribution in [1.82, 2.24) is 0 Å². The van der Waals surface area contributed by atoms with Crippen LogP contribution in [0.2, 0.25) is 0 Å². The van der Waals surface area contributed by atoms with E-state index in [2.05, 4.69) is 0 Å². The van der Waals surface area contributed by atoms with Crippen molar-refractivity contribution < 1.29 is 18.9 Å². The maximum atomic E-state index is 10.4. The average molecular weight is 400 g/mol. The van der Waals surface area contributed by atoms with Gasteiger partial charge in [0.05, 0.1) is 0 Å². The highest BCUT2D eigenvalue weighted by molar-refractivity contribution is 7.47. The lowest BCUT2D eigenvalue weighted by Crippen LogP contribution is -2.00. The summed E-state index contributed by atoms with van der Waals surface area (Å²) in [4.78, 5) is 17.1. The number of nitrogens with two attached hydrogens (primary N) is 2. The van der Waals surface area contributed by atoms with Gasteiger partial charge in [-0.1, -0.05) is 49.2 Å². The van der Waals surface area contributed by atoms with Crippen LogP contribution in [0.3, 0.4) is 0 Å². The molecule has 0 aromatic heterocycles. The van der Waals surface area contributed by atoms with Gasteiger partial charge in [-0.3, -0.25) is 9.13 Å². The molecule has 0 fully saturated rings. The van der Waals surface area contributed by atoms with E-state index >= 15 is 0 Å². The zero-order chi connectivity index (χ0) is 19.6. The summed E-state index contributed by atoms with van der Waals surface area (Å²) in [6.07, 6.45) is 4.79. The van der Waals surface area contributed by atoms with Gasteiger partial charge >= 0.3 is 0 Å². The molecule has 0 saturated heterocycles. The van der Waals surface area contributed by atoms with Crippen LogP contribution in [0, 0.1) is 0 Å². The second-order valence-corrected chi connectivity index (χ2v) is 7.71. The normalized spacial score (nSPS) is 12.0. The van der Waals surface area contributed by atoms with Crippen LogP contribution in [0.25, 0.3) is 0 Å². The van der Waals surface area contributed by atoms with Crippen LogP contribution in [0.4, 0.5) is 0 Å². The zero-order valence-electron chi connectivity index (χ0n) is 14.9. The molecule has 0 radical (unpaired) electrons. The molecule has 0 aliphatic rings. The number of unbranched alkanes of at least 4 members (excludes halogenated alkanes) is 3. The van der Waals surface area contributed by atoms with E-state index in [9.17, 15) is 9.13 Å². The maximum absolute atomic E-state index is 10.4. The summed E-state index contributed by atoms with van der Waals surface area (Å²) < 4.78 is 20.8. The van der Waals surface area contributed by atoms with Crippen molar-refractivity contribution in [3.05, 3.63) is 60.7 Å². The van der Waals surface area contributed by atoms with Gasteiger partial charge in [0.2, 0.25) is 16.1 Å². The third kappa shape index (κ3) is 14.0. The maximum Gasteiger partial charge on any atom is 0.218 e. The SMILES string of the molecule is NCCCCCCN.O=[PH](O)c1ccccc1.O=[PH](O)c1ccccc1. The molecule has 6 nitrogen and oxygen atoms in total. The van der Waals surface area contributed by atoms with E-state index in [1.807, 2.05) is 12.1 Å². The van der Waals surface area contributed by atoms with Crippen LogP contribution in [0.5, 0.6) is 0 Å². The van der Waals surface area contributed by atoms with E-state index in [0.29, 0.717) is 10.6 Å². The van der Waals surface area contributed by atoms with Gasteiger partial charge in [-0.05, 0) is 50.2 Å². The molecule has 0 aliphatic carbocycles. The van der Waals surface area contributed by atoms with E-state index in [0.717, 1.165) is 25.9 Å². The van der Waals surface area contributed by atoms with Crippen LogP contribution in [-0.4, -0.2) is 22.9 Å². The lowest BCUT2D eigenvalue weighted by atomic mass is 10.2. The Hall–Kier alpha value is -1.26. The van der Waals surface area contributed by atoms with E-state index in [-0.39, 0.29) is 0 Å². The Labute approximate surface area is 157 Å². The monoisotopic (exact) mass is 400 g/mol. The highest BCUT2D eigenvalue weighted by Gasteiger charge is 1.93. The molecule has 2 aromatic rings. The standard InChI is InChI=1S/C6H16N2.2C6H7O2P/c7-5-3-1-2-4-6-8;2*7-9(8)6-4-2-1-3-5-6/h1-8H2;2*1-5,9H,(H,7,8). The first kappa shape index (κ1) is 24.7. The Morgan fingerprint density at radius 2 is 0.923 bits per heavy atom. The van der Waals surface area contributed by atoms with E-state index in [4.69, 9.17) is 21.3 Å². The third-order valence-corrected chi connectivity index (χ3v) is 4.85. The quantitative estimate of drug-likeness (QED) is 0.416. The molecule has 0 bridgehead atoms. The van der Waals surface area contributed by atoms with Gasteiger partial charge in [-0.2, -0.15) is 0 Å². The summed E-state index contributed by atoms with van der Waals surface area (Å²) >= 11 is 0. The summed E-state index contributed by atoms with van der Waals surface area (Å²) in [5.74, 6) is 0. The molecule has 6 N–H and O–H groups in total. The van der Waals surface area contributed by atoms with Crippen molar-refractivity contribution in [2.24, 2.45) is 11.5 Å². The molecule has 0 aliphatic heterocycles. The van der Waals surface area contributed by atoms with Gasteiger partial charge in [0, 0.05) is 10.6 Å². The molecule has 2 aromatic carbocycles. The fourth-order valence-electron chi connectivity index (χ4n) is 1.80. The van der Waals surface area contributed by atoms with Crippen LogP contribution in [0.1, 0.15) is 25.7 Å². The lowest BCUT2D eigenvalue weighted by molar-refractivity contribution is 0.512. The molecular formula is C18H30N2O4P2. The topological polar surface area (TPSA) is 127 Å². The van der Waals surface area contributed by atoms with Crippen LogP contribution >= 0.6 is 16.1 Å². The molecular weight excluding hydrogens is 370 g/mol. The van der Waals surface area contributed by atoms with Gasteiger partial charge in [-0.25, -0.2) is 0 Å². The fraction of sp³-hybridized carbons (Fsp3) is 0.333. The molecule has 26 heavy (non-hydrogen) atoms. The minimum Gasteiger partial charge on any atom is -0.343 e. The van der Waals surface area contributed by atoms with Gasteiger partial charge in [-0.15, -0.1) is 0 Å². The summed E-state index contributed by atoms with van der Waals surface area (Å²) in [6.45, 7) is 1.65. The molecule has 0 spiro atoms. The van der Waals surface area contributed by atoms with Crippen molar-refractivity contribution >= 4 is 26.7 Å². The molecule has 0 saturated carbocycles. The Bertz CT molecular complexity index is 558. The van der Waals surface area contributed by atoms with Gasteiger partial charge in [0.15, 0.2) is 0 Å². The summed E-state index contributed by atoms with van der Waals surface area (Å²) in [7, 11) is -4.92. The largest absolute Gasteiger partial charge is 0.343 e. The van der Waals surface area contributed by atoms with Crippen LogP contribution in [-0.2, 0) is 9.13 Å². The zero-order valence-corrected chi connectivity index (χ0v) is 16.9. The highest BCUT2D eigenvalue weighted by atomic mass is 31.1. The molecule has 146 valence electrons. The number of hydrogen-bond acceptors (Lipinski definition) is 4. The van der Waals surface area contributed by atoms with Crippen molar-refractivity contribution in [3.63, 3.8) is 0 Å². The Morgan fingerprint density at radius 1 is 0.615 bits per heavy atom. The average Bonchev–Trinajstić information content (AvgIpc) is 2.68. The molecule has 0 amide bonds. The van der Waals surface area contributed by atoms with Crippen molar-refractivity contribution in [2.45, 2.75) is 25.7 Å². The van der Waals surface area contributed by atoms with Crippen molar-refractivity contribution in [2.75, 3.05) is 13.1 Å². The molecule has 0 heterocycles. The van der Waals surface area contributed by atoms with Crippen LogP contribution < -0.4 is 22.1 Å². The van der Waals surface area contributed by atoms with E-state index in [1.165, 1.54) is 12.8 Å². The van der Waals surface area contributed by atoms with Crippen LogP contribution in [0.15, 0.2) is 60.7 Å². The first-order valence-corrected chi connectivity index (χ1v) is 11.2. The second kappa shape index (κ2) is 17.2. The highest BCUT2D eigenvalue weighted by Crippen LogP contribution is 2.11. The third-order valence-electron chi connectivity index (χ3n) is 3.20. The smallest absolute Gasteiger partial charge is 0.218 e. The minimum absolute atomic E-state index is 0.516. The predicted octanol–water partition coefficient (Wildman–Crippen LogP) is 2.02. The minimum atomic E-state index is -2.46. The van der Waals surface area contributed by atoms with E-state index in [1.54, 1.807) is 48.5 Å². The number of rotatable bonds is 7. The lowest BCUT2D eigenvalue weighted by Gasteiger charge is -1.94. The van der Waals surface area contributed by atoms with Gasteiger partial charge in [0.1, 0.15) is 0 Å². The number of hydrogen-bond donors (Lipinski definition) is 4. The Balaban J connectivity index is 0.000000362. The Kier molecular flexibility index (Phi) is 16.3. The predicted molar refractivity (Wildman–Crippen MR) is 111 cm³/mol. The second-order valence-electron chi connectivity index (χ2n) is 5.33. The summed E-state index contributed by atoms with van der Waals surface area (Å²) in [5, 5.41) is 1.03. The van der Waals surface area contributed by atoms with Crippen molar-refractivity contribution in [3.8, 4) is 0 Å². The molecule has 8 heteroatoms. The van der Waals surface area contributed by atoms with Gasteiger partial charge < -0.3 is 21.3 Å². The number of benzene rings is 2. The fourth-order valence-corrected chi connectivity index (χ4v) is 2.76. The van der Waals surface area contributed by atoms with Crippen molar-refractivity contribution in [1.29, 1.82) is 0 Å². The Morgan fingerprint density at radius 3 is 1.12 bits per heavy atom. The molecule has 2 rings (SSSR count). The van der Waals surface area contributed by atoms with E-state index < -0.39 is 16.1 Å². The summed E-state index contributed by atoms with van der Waals surface area (Å²) in [6, 6.07) is 17.2. The first-order chi connectivity index (χ1) is 12.5. The summed E-state index contributed by atoms with van der Waals surface area (Å²) in [5.41, 5.74) is 10.6. The van der Waals surface area contributed by atoms with Gasteiger partial charge in [0.25, 0.3) is 0 Å². The first-order valence-electron chi connectivity index (χ1n) is 8.49. The molecule has 2 unspecified atom stereocenters. The molecule has 2 atom stereocenters.